The zero-order valence-electron chi connectivity index (χ0n) is 19.2. The van der Waals surface area contributed by atoms with Crippen LogP contribution in [0.2, 0.25) is 0 Å². The minimum absolute atomic E-state index is 0.269. The van der Waals surface area contributed by atoms with E-state index in [4.69, 9.17) is 19.2 Å². The van der Waals surface area contributed by atoms with E-state index in [0.717, 1.165) is 33.7 Å². The Balaban J connectivity index is 1.79. The maximum atomic E-state index is 13.5. The SMILES string of the molecule is CCOC(=O)C1=C(c2ccc(OC)cc2)Nc2nc3ccccc3n2[C@@H]1c1ccc(OC)cc1. The fourth-order valence-electron chi connectivity index (χ4n) is 4.35. The van der Waals surface area contributed by atoms with Gasteiger partial charge in [-0.3, -0.25) is 4.57 Å². The molecule has 0 bridgehead atoms. The highest BCUT2D eigenvalue weighted by molar-refractivity contribution is 6.03. The molecule has 1 aliphatic heterocycles. The number of benzene rings is 3. The number of esters is 1. The van der Waals surface area contributed by atoms with Gasteiger partial charge in [-0.2, -0.15) is 0 Å². The molecule has 0 aliphatic carbocycles. The van der Waals surface area contributed by atoms with Crippen LogP contribution in [0.5, 0.6) is 11.5 Å². The Hall–Kier alpha value is -4.26. The van der Waals surface area contributed by atoms with Crippen molar-refractivity contribution in [3.8, 4) is 11.5 Å². The molecule has 172 valence electrons. The van der Waals surface area contributed by atoms with Crippen LogP contribution in [0.15, 0.2) is 78.4 Å². The van der Waals surface area contributed by atoms with Crippen molar-refractivity contribution in [1.82, 2.24) is 9.55 Å². The molecular weight excluding hydrogens is 430 g/mol. The lowest BCUT2D eigenvalue weighted by Crippen LogP contribution is -2.29. The van der Waals surface area contributed by atoms with Crippen molar-refractivity contribution < 1.29 is 19.0 Å². The van der Waals surface area contributed by atoms with Crippen molar-refractivity contribution in [1.29, 1.82) is 0 Å². The zero-order chi connectivity index (χ0) is 23.7. The highest BCUT2D eigenvalue weighted by atomic mass is 16.5. The van der Waals surface area contributed by atoms with Gasteiger partial charge in [0.05, 0.1) is 49.2 Å². The zero-order valence-corrected chi connectivity index (χ0v) is 19.2. The van der Waals surface area contributed by atoms with E-state index >= 15 is 0 Å². The first-order valence-corrected chi connectivity index (χ1v) is 11.1. The summed E-state index contributed by atoms with van der Waals surface area (Å²) in [6.45, 7) is 2.08. The first kappa shape index (κ1) is 21.6. The molecule has 3 aromatic carbocycles. The quantitative estimate of drug-likeness (QED) is 0.411. The smallest absolute Gasteiger partial charge is 0.338 e. The first-order chi connectivity index (χ1) is 16.6. The van der Waals surface area contributed by atoms with Crippen molar-refractivity contribution in [3.63, 3.8) is 0 Å². The van der Waals surface area contributed by atoms with Gasteiger partial charge in [0, 0.05) is 0 Å². The number of para-hydroxylation sites is 2. The Bertz CT molecular complexity index is 1370. The van der Waals surface area contributed by atoms with E-state index in [1.807, 2.05) is 79.7 Å². The van der Waals surface area contributed by atoms with Crippen LogP contribution < -0.4 is 14.8 Å². The molecular formula is C27H25N3O4. The third kappa shape index (κ3) is 3.65. The second-order valence-electron chi connectivity index (χ2n) is 7.83. The number of ether oxygens (including phenoxy) is 3. The molecule has 7 heteroatoms. The molecule has 34 heavy (non-hydrogen) atoms. The minimum atomic E-state index is -0.453. The topological polar surface area (TPSA) is 74.6 Å². The Morgan fingerprint density at radius 3 is 2.24 bits per heavy atom. The molecule has 0 radical (unpaired) electrons. The number of hydrogen-bond acceptors (Lipinski definition) is 6. The molecule has 1 N–H and O–H groups in total. The number of anilines is 1. The van der Waals surface area contributed by atoms with Gasteiger partial charge in [-0.25, -0.2) is 9.78 Å². The van der Waals surface area contributed by atoms with Gasteiger partial charge in [-0.05, 0) is 66.6 Å². The van der Waals surface area contributed by atoms with Crippen LogP contribution >= 0.6 is 0 Å². The van der Waals surface area contributed by atoms with Crippen molar-refractivity contribution in [2.45, 2.75) is 13.0 Å². The average Bonchev–Trinajstić information content (AvgIpc) is 3.26. The molecule has 1 atom stereocenters. The largest absolute Gasteiger partial charge is 0.497 e. The summed E-state index contributed by atoms with van der Waals surface area (Å²) in [5.41, 5.74) is 4.67. The first-order valence-electron chi connectivity index (χ1n) is 11.1. The number of imidazole rings is 1. The number of carbonyl (C=O) groups excluding carboxylic acids is 1. The number of fused-ring (bicyclic) bond motifs is 3. The van der Waals surface area contributed by atoms with Crippen LogP contribution in [0.1, 0.15) is 24.1 Å². The number of carbonyl (C=O) groups is 1. The molecule has 0 spiro atoms. The van der Waals surface area contributed by atoms with Crippen molar-refractivity contribution >= 4 is 28.6 Å². The van der Waals surface area contributed by atoms with E-state index in [-0.39, 0.29) is 12.6 Å². The van der Waals surface area contributed by atoms with Crippen molar-refractivity contribution in [2.75, 3.05) is 26.1 Å². The second-order valence-corrected chi connectivity index (χ2v) is 7.83. The monoisotopic (exact) mass is 455 g/mol. The van der Waals surface area contributed by atoms with Gasteiger partial charge in [0.2, 0.25) is 5.95 Å². The van der Waals surface area contributed by atoms with E-state index in [2.05, 4.69) is 9.88 Å². The fraction of sp³-hybridized carbons (Fsp3) is 0.185. The molecule has 0 saturated carbocycles. The molecule has 1 aliphatic rings. The molecule has 0 saturated heterocycles. The van der Waals surface area contributed by atoms with Crippen LogP contribution in [0, 0.1) is 0 Å². The van der Waals surface area contributed by atoms with Crippen molar-refractivity contribution in [3.05, 3.63) is 89.5 Å². The van der Waals surface area contributed by atoms with Gasteiger partial charge in [0.15, 0.2) is 0 Å². The van der Waals surface area contributed by atoms with Crippen LogP contribution in [0.4, 0.5) is 5.95 Å². The number of nitrogens with zero attached hydrogens (tertiary/aromatic N) is 2. The normalized spacial score (nSPS) is 15.0. The van der Waals surface area contributed by atoms with E-state index < -0.39 is 6.04 Å². The van der Waals surface area contributed by atoms with Gasteiger partial charge in [-0.15, -0.1) is 0 Å². The standard InChI is InChI=1S/C27H25N3O4/c1-4-34-26(31)23-24(17-9-13-19(32-2)14-10-17)29-27-28-21-7-5-6-8-22(21)30(27)25(23)18-11-15-20(33-3)16-12-18/h5-16,25H,4H2,1-3H3,(H,28,29)/t25-/m1/s1. The number of rotatable bonds is 6. The molecule has 0 amide bonds. The third-order valence-corrected chi connectivity index (χ3v) is 5.94. The predicted molar refractivity (Wildman–Crippen MR) is 131 cm³/mol. The number of hydrogen-bond donors (Lipinski definition) is 1. The van der Waals surface area contributed by atoms with Crippen LogP contribution in [-0.4, -0.2) is 36.3 Å². The lowest BCUT2D eigenvalue weighted by Gasteiger charge is -2.31. The Labute approximate surface area is 197 Å². The van der Waals surface area contributed by atoms with Gasteiger partial charge >= 0.3 is 5.97 Å². The van der Waals surface area contributed by atoms with E-state index in [9.17, 15) is 4.79 Å². The van der Waals surface area contributed by atoms with E-state index in [1.54, 1.807) is 14.2 Å². The van der Waals surface area contributed by atoms with E-state index in [0.29, 0.717) is 17.2 Å². The molecule has 0 fully saturated rings. The van der Waals surface area contributed by atoms with Crippen LogP contribution in [-0.2, 0) is 9.53 Å². The lowest BCUT2D eigenvalue weighted by molar-refractivity contribution is -0.138. The summed E-state index contributed by atoms with van der Waals surface area (Å²) in [4.78, 5) is 18.3. The maximum Gasteiger partial charge on any atom is 0.338 e. The number of methoxy groups -OCH3 is 2. The summed E-state index contributed by atoms with van der Waals surface area (Å²) in [6, 6.07) is 22.7. The summed E-state index contributed by atoms with van der Waals surface area (Å²) >= 11 is 0. The predicted octanol–water partition coefficient (Wildman–Crippen LogP) is 5.04. The molecule has 1 aromatic heterocycles. The molecule has 7 nitrogen and oxygen atoms in total. The van der Waals surface area contributed by atoms with Crippen LogP contribution in [0.3, 0.4) is 0 Å². The van der Waals surface area contributed by atoms with Gasteiger partial charge in [0.25, 0.3) is 0 Å². The Morgan fingerprint density at radius 1 is 0.941 bits per heavy atom. The molecule has 4 aromatic rings. The van der Waals surface area contributed by atoms with Gasteiger partial charge < -0.3 is 19.5 Å². The summed E-state index contributed by atoms with van der Waals surface area (Å²) in [7, 11) is 3.26. The third-order valence-electron chi connectivity index (χ3n) is 5.94. The highest BCUT2D eigenvalue weighted by Crippen LogP contribution is 2.42. The summed E-state index contributed by atoms with van der Waals surface area (Å²) in [5.74, 6) is 1.74. The highest BCUT2D eigenvalue weighted by Gasteiger charge is 2.36. The maximum absolute atomic E-state index is 13.5. The van der Waals surface area contributed by atoms with Crippen molar-refractivity contribution in [2.24, 2.45) is 0 Å². The number of aromatic nitrogens is 2. The van der Waals surface area contributed by atoms with Crippen LogP contribution in [0.25, 0.3) is 16.7 Å². The lowest BCUT2D eigenvalue weighted by atomic mass is 9.92. The summed E-state index contributed by atoms with van der Waals surface area (Å²) in [5, 5.41) is 3.42. The molecule has 0 unspecified atom stereocenters. The average molecular weight is 456 g/mol. The minimum Gasteiger partial charge on any atom is -0.497 e. The van der Waals surface area contributed by atoms with E-state index in [1.165, 1.54) is 0 Å². The summed E-state index contributed by atoms with van der Waals surface area (Å²) < 4.78 is 18.3. The van der Waals surface area contributed by atoms with Gasteiger partial charge in [-0.1, -0.05) is 24.3 Å². The summed E-state index contributed by atoms with van der Waals surface area (Å²) in [6.07, 6.45) is 0. The number of nitrogens with one attached hydrogen (secondary N) is 1. The fourth-order valence-corrected chi connectivity index (χ4v) is 4.35. The molecule has 2 heterocycles. The Kier molecular flexibility index (Phi) is 5.67. The molecule has 5 rings (SSSR count). The van der Waals surface area contributed by atoms with Gasteiger partial charge in [0.1, 0.15) is 11.5 Å². The Morgan fingerprint density at radius 2 is 1.59 bits per heavy atom. The second kappa shape index (κ2) is 8.94.